The third kappa shape index (κ3) is 3.64. The summed E-state index contributed by atoms with van der Waals surface area (Å²) in [5.41, 5.74) is 3.24. The minimum absolute atomic E-state index is 0.193. The molecule has 2 rings (SSSR count). The lowest BCUT2D eigenvalue weighted by atomic mass is 10.0. The number of aryl methyl sites for hydroxylation is 2. The van der Waals surface area contributed by atoms with Crippen LogP contribution in [-0.4, -0.2) is 22.0 Å². The maximum Gasteiger partial charge on any atom is 0.162 e. The van der Waals surface area contributed by atoms with Crippen LogP contribution in [0, 0.1) is 6.92 Å². The molecule has 2 aromatic rings. The number of aromatic nitrogens is 2. The fourth-order valence-corrected chi connectivity index (χ4v) is 2.44. The van der Waals surface area contributed by atoms with Gasteiger partial charge in [-0.25, -0.2) is 0 Å². The number of benzene rings is 1. The molecule has 0 aliphatic carbocycles. The molecule has 1 N–H and O–H groups in total. The molecule has 0 saturated carbocycles. The van der Waals surface area contributed by atoms with Crippen molar-refractivity contribution in [1.82, 2.24) is 9.78 Å². The minimum Gasteiger partial charge on any atom is -0.493 e. The van der Waals surface area contributed by atoms with E-state index in [9.17, 15) is 5.11 Å². The smallest absolute Gasteiger partial charge is 0.162 e. The maximum atomic E-state index is 10.5. The molecule has 0 amide bonds. The van der Waals surface area contributed by atoms with E-state index in [1.54, 1.807) is 13.3 Å². The van der Waals surface area contributed by atoms with Gasteiger partial charge in [0.25, 0.3) is 0 Å². The molecule has 0 fully saturated rings. The summed E-state index contributed by atoms with van der Waals surface area (Å²) >= 11 is 0. The number of aliphatic hydroxyl groups is 1. The van der Waals surface area contributed by atoms with E-state index in [1.165, 1.54) is 11.1 Å². The first-order valence-electron chi connectivity index (χ1n) is 7.38. The molecule has 21 heavy (non-hydrogen) atoms. The van der Waals surface area contributed by atoms with Gasteiger partial charge in [0, 0.05) is 6.04 Å². The Morgan fingerprint density at radius 2 is 1.90 bits per heavy atom. The summed E-state index contributed by atoms with van der Waals surface area (Å²) in [6, 6.07) is 8.61. The van der Waals surface area contributed by atoms with Gasteiger partial charge in [0.15, 0.2) is 5.75 Å². The van der Waals surface area contributed by atoms with Crippen LogP contribution in [0.25, 0.3) is 0 Å². The van der Waals surface area contributed by atoms with Crippen LogP contribution in [0.1, 0.15) is 49.2 Å². The standard InChI is InChI=1S/C17H24N2O2/c1-12(2)19-17(16(21-4)11-18-19)15(20)10-9-14-7-5-13(3)6-8-14/h5-8,11-12,15,20H,9-10H2,1-4H3. The molecule has 1 unspecified atom stereocenters. The number of aliphatic hydroxyl groups excluding tert-OH is 1. The topological polar surface area (TPSA) is 47.3 Å². The van der Waals surface area contributed by atoms with Gasteiger partial charge in [0.1, 0.15) is 5.69 Å². The molecule has 4 nitrogen and oxygen atoms in total. The van der Waals surface area contributed by atoms with E-state index in [0.717, 1.165) is 12.1 Å². The highest BCUT2D eigenvalue weighted by molar-refractivity contribution is 5.28. The molecule has 4 heteroatoms. The van der Waals surface area contributed by atoms with Crippen LogP contribution >= 0.6 is 0 Å². The van der Waals surface area contributed by atoms with Gasteiger partial charge < -0.3 is 9.84 Å². The van der Waals surface area contributed by atoms with E-state index in [0.29, 0.717) is 12.2 Å². The van der Waals surface area contributed by atoms with Crippen molar-refractivity contribution in [2.45, 2.75) is 45.8 Å². The van der Waals surface area contributed by atoms with Crippen LogP contribution in [-0.2, 0) is 6.42 Å². The molecule has 1 heterocycles. The molecular weight excluding hydrogens is 264 g/mol. The summed E-state index contributed by atoms with van der Waals surface area (Å²) in [6.07, 6.45) is 2.57. The Kier molecular flexibility index (Phi) is 5.02. The van der Waals surface area contributed by atoms with Crippen LogP contribution < -0.4 is 4.74 Å². The lowest BCUT2D eigenvalue weighted by Gasteiger charge is -2.17. The number of hydrogen-bond donors (Lipinski definition) is 1. The number of hydrogen-bond acceptors (Lipinski definition) is 3. The first-order chi connectivity index (χ1) is 10.0. The highest BCUT2D eigenvalue weighted by Gasteiger charge is 2.21. The summed E-state index contributed by atoms with van der Waals surface area (Å²) in [6.45, 7) is 6.16. The molecule has 1 atom stereocenters. The molecule has 114 valence electrons. The zero-order valence-corrected chi connectivity index (χ0v) is 13.2. The monoisotopic (exact) mass is 288 g/mol. The first kappa shape index (κ1) is 15.6. The summed E-state index contributed by atoms with van der Waals surface area (Å²) in [4.78, 5) is 0. The second kappa shape index (κ2) is 6.76. The highest BCUT2D eigenvalue weighted by Crippen LogP contribution is 2.30. The largest absolute Gasteiger partial charge is 0.493 e. The van der Waals surface area contributed by atoms with E-state index >= 15 is 0 Å². The fraction of sp³-hybridized carbons (Fsp3) is 0.471. The lowest BCUT2D eigenvalue weighted by Crippen LogP contribution is -2.12. The lowest BCUT2D eigenvalue weighted by molar-refractivity contribution is 0.150. The average molecular weight is 288 g/mol. The van der Waals surface area contributed by atoms with E-state index in [1.807, 2.05) is 18.5 Å². The Hall–Kier alpha value is -1.81. The fourth-order valence-electron chi connectivity index (χ4n) is 2.44. The van der Waals surface area contributed by atoms with Crippen LogP contribution in [0.3, 0.4) is 0 Å². The molecule has 0 radical (unpaired) electrons. The van der Waals surface area contributed by atoms with Crippen molar-refractivity contribution in [2.24, 2.45) is 0 Å². The summed E-state index contributed by atoms with van der Waals surface area (Å²) in [5, 5.41) is 14.8. The Labute approximate surface area is 126 Å². The summed E-state index contributed by atoms with van der Waals surface area (Å²) < 4.78 is 7.15. The second-order valence-electron chi connectivity index (χ2n) is 5.68. The van der Waals surface area contributed by atoms with Crippen LogP contribution in [0.4, 0.5) is 0 Å². The Balaban J connectivity index is 2.11. The molecule has 0 aliphatic rings. The molecule has 0 aliphatic heterocycles. The SMILES string of the molecule is COc1cnn(C(C)C)c1C(O)CCc1ccc(C)cc1. The van der Waals surface area contributed by atoms with Gasteiger partial charge in [0.2, 0.25) is 0 Å². The van der Waals surface area contributed by atoms with Gasteiger partial charge in [-0.15, -0.1) is 0 Å². The Bertz CT molecular complexity index is 573. The first-order valence-corrected chi connectivity index (χ1v) is 7.38. The number of nitrogens with zero attached hydrogens (tertiary/aromatic N) is 2. The molecule has 1 aromatic carbocycles. The third-order valence-corrected chi connectivity index (χ3v) is 3.65. The Morgan fingerprint density at radius 3 is 2.48 bits per heavy atom. The van der Waals surface area contributed by atoms with Gasteiger partial charge in [-0.05, 0) is 39.2 Å². The van der Waals surface area contributed by atoms with Crippen LogP contribution in [0.2, 0.25) is 0 Å². The number of ether oxygens (including phenoxy) is 1. The number of methoxy groups -OCH3 is 1. The predicted molar refractivity (Wildman–Crippen MR) is 83.6 cm³/mol. The second-order valence-corrected chi connectivity index (χ2v) is 5.68. The third-order valence-electron chi connectivity index (χ3n) is 3.65. The van der Waals surface area contributed by atoms with Crippen molar-refractivity contribution in [3.8, 4) is 5.75 Å². The van der Waals surface area contributed by atoms with Crippen molar-refractivity contribution in [1.29, 1.82) is 0 Å². The summed E-state index contributed by atoms with van der Waals surface area (Å²) in [5.74, 6) is 0.653. The highest BCUT2D eigenvalue weighted by atomic mass is 16.5. The molecule has 0 spiro atoms. The van der Waals surface area contributed by atoms with E-state index in [4.69, 9.17) is 4.74 Å². The van der Waals surface area contributed by atoms with Crippen LogP contribution in [0.15, 0.2) is 30.5 Å². The number of rotatable bonds is 6. The van der Waals surface area contributed by atoms with Gasteiger partial charge in [-0.3, -0.25) is 4.68 Å². The van der Waals surface area contributed by atoms with Crippen molar-refractivity contribution in [3.63, 3.8) is 0 Å². The van der Waals surface area contributed by atoms with Gasteiger partial charge >= 0.3 is 0 Å². The zero-order chi connectivity index (χ0) is 15.4. The molecule has 1 aromatic heterocycles. The maximum absolute atomic E-state index is 10.5. The van der Waals surface area contributed by atoms with Crippen molar-refractivity contribution in [3.05, 3.63) is 47.3 Å². The molecule has 0 bridgehead atoms. The normalized spacial score (nSPS) is 12.7. The van der Waals surface area contributed by atoms with Crippen molar-refractivity contribution >= 4 is 0 Å². The van der Waals surface area contributed by atoms with Gasteiger partial charge in [0.05, 0.1) is 19.4 Å². The average Bonchev–Trinajstić information content (AvgIpc) is 2.90. The van der Waals surface area contributed by atoms with Crippen molar-refractivity contribution in [2.75, 3.05) is 7.11 Å². The Morgan fingerprint density at radius 1 is 1.24 bits per heavy atom. The molecular formula is C17H24N2O2. The van der Waals surface area contributed by atoms with E-state index < -0.39 is 6.10 Å². The summed E-state index contributed by atoms with van der Waals surface area (Å²) in [7, 11) is 1.61. The zero-order valence-electron chi connectivity index (χ0n) is 13.2. The van der Waals surface area contributed by atoms with Crippen molar-refractivity contribution < 1.29 is 9.84 Å². The predicted octanol–water partition coefficient (Wildman–Crippen LogP) is 3.45. The van der Waals surface area contributed by atoms with Gasteiger partial charge in [-0.1, -0.05) is 29.8 Å². The quantitative estimate of drug-likeness (QED) is 0.885. The van der Waals surface area contributed by atoms with E-state index in [2.05, 4.69) is 36.3 Å². The van der Waals surface area contributed by atoms with E-state index in [-0.39, 0.29) is 6.04 Å². The minimum atomic E-state index is -0.578. The molecule has 0 saturated heterocycles. The van der Waals surface area contributed by atoms with Crippen LogP contribution in [0.5, 0.6) is 5.75 Å². The van der Waals surface area contributed by atoms with Gasteiger partial charge in [-0.2, -0.15) is 5.10 Å².